The van der Waals surface area contributed by atoms with Gasteiger partial charge in [0.1, 0.15) is 0 Å². The first-order valence-corrected chi connectivity index (χ1v) is 14.7. The van der Waals surface area contributed by atoms with Gasteiger partial charge in [0.2, 0.25) is 5.91 Å². The zero-order chi connectivity index (χ0) is 25.6. The van der Waals surface area contributed by atoms with Gasteiger partial charge in [-0.3, -0.25) is 14.5 Å². The number of hydrogen-bond donors (Lipinski definition) is 2. The highest BCUT2D eigenvalue weighted by atomic mass is 32.1. The molecule has 1 saturated carbocycles. The number of aliphatic hydroxyl groups excluding tert-OH is 1. The summed E-state index contributed by atoms with van der Waals surface area (Å²) in [5.41, 5.74) is 4.38. The molecule has 1 aliphatic carbocycles. The molecule has 0 bridgehead atoms. The zero-order valence-electron chi connectivity index (χ0n) is 21.7. The minimum absolute atomic E-state index is 0.0328. The number of anilines is 1. The van der Waals surface area contributed by atoms with E-state index in [1.807, 2.05) is 27.2 Å². The zero-order valence-corrected chi connectivity index (χ0v) is 22.6. The highest BCUT2D eigenvalue weighted by Crippen LogP contribution is 2.48. The number of piperidine rings is 1. The van der Waals surface area contributed by atoms with Crippen LogP contribution in [0, 0.1) is 0 Å². The first-order valence-electron chi connectivity index (χ1n) is 13.8. The molecule has 0 unspecified atom stereocenters. The van der Waals surface area contributed by atoms with Crippen LogP contribution in [0.4, 0.5) is 5.69 Å². The maximum atomic E-state index is 13.7. The molecular weight excluding hydrogens is 484 g/mol. The fourth-order valence-corrected chi connectivity index (χ4v) is 7.68. The topological polar surface area (TPSA) is 76.1 Å². The molecule has 7 nitrogen and oxygen atoms in total. The second kappa shape index (κ2) is 10.0. The van der Waals surface area contributed by atoms with Crippen molar-refractivity contribution in [1.82, 2.24) is 14.7 Å². The van der Waals surface area contributed by atoms with Crippen LogP contribution in [0.15, 0.2) is 29.6 Å². The Kier molecular flexibility index (Phi) is 6.75. The Balaban J connectivity index is 1.13. The monoisotopic (exact) mass is 522 g/mol. The van der Waals surface area contributed by atoms with Crippen LogP contribution in [-0.2, 0) is 23.2 Å². The maximum absolute atomic E-state index is 13.7. The van der Waals surface area contributed by atoms with E-state index >= 15 is 0 Å². The second-order valence-corrected chi connectivity index (χ2v) is 12.5. The molecule has 1 atom stereocenters. The molecule has 3 aliphatic heterocycles. The summed E-state index contributed by atoms with van der Waals surface area (Å²) in [6.07, 6.45) is 5.70. The van der Waals surface area contributed by atoms with E-state index in [2.05, 4.69) is 33.8 Å². The third-order valence-electron chi connectivity index (χ3n) is 9.01. The Morgan fingerprint density at radius 3 is 2.73 bits per heavy atom. The molecule has 8 heteroatoms. The number of β-amino-alcohol motifs (C(OH)–C–C–N with tert-alkyl or cyclic N) is 1. The molecule has 2 N–H and O–H groups in total. The van der Waals surface area contributed by atoms with Crippen molar-refractivity contribution in [2.75, 3.05) is 44.6 Å². The molecule has 1 spiro atoms. The standard InChI is InChI=1S/C29H38N4O3S/c1-20(34)32-12-5-22(6-13-32)30-23-3-4-26-25(15-23)28(36)33(19-29(26)9-2-10-29)18-24(35)17-31-11-7-27-21(16-31)8-14-37-27/h3-4,8,14-15,22,24,30,35H,2,5-7,9-13,16-19H2,1H3/t24-/m1/s1. The molecule has 4 aliphatic rings. The molecule has 6 rings (SSSR count). The van der Waals surface area contributed by atoms with Gasteiger partial charge in [-0.1, -0.05) is 12.5 Å². The van der Waals surface area contributed by atoms with Gasteiger partial charge in [0.25, 0.3) is 5.91 Å². The van der Waals surface area contributed by atoms with Crippen LogP contribution in [0.5, 0.6) is 0 Å². The van der Waals surface area contributed by atoms with Crippen LogP contribution in [-0.4, -0.2) is 83.0 Å². The minimum Gasteiger partial charge on any atom is -0.390 e. The van der Waals surface area contributed by atoms with Crippen LogP contribution in [0.2, 0.25) is 0 Å². The van der Waals surface area contributed by atoms with E-state index in [4.69, 9.17) is 0 Å². The van der Waals surface area contributed by atoms with Gasteiger partial charge < -0.3 is 20.2 Å². The lowest BCUT2D eigenvalue weighted by atomic mass is 9.61. The Morgan fingerprint density at radius 2 is 2.00 bits per heavy atom. The molecule has 1 aromatic heterocycles. The first-order chi connectivity index (χ1) is 17.9. The molecule has 198 valence electrons. The summed E-state index contributed by atoms with van der Waals surface area (Å²) >= 11 is 1.83. The summed E-state index contributed by atoms with van der Waals surface area (Å²) in [6.45, 7) is 6.72. The Morgan fingerprint density at radius 1 is 1.19 bits per heavy atom. The highest BCUT2D eigenvalue weighted by Gasteiger charge is 2.47. The van der Waals surface area contributed by atoms with E-state index in [1.54, 1.807) is 6.92 Å². The van der Waals surface area contributed by atoms with Crippen LogP contribution in [0.3, 0.4) is 0 Å². The molecular formula is C29H38N4O3S. The smallest absolute Gasteiger partial charge is 0.254 e. The van der Waals surface area contributed by atoms with Crippen molar-refractivity contribution in [3.8, 4) is 0 Å². The number of rotatable bonds is 6. The Bertz CT molecular complexity index is 1170. The summed E-state index contributed by atoms with van der Waals surface area (Å²) in [6, 6.07) is 8.83. The molecule has 2 fully saturated rings. The van der Waals surface area contributed by atoms with Crippen LogP contribution in [0.25, 0.3) is 0 Å². The van der Waals surface area contributed by atoms with Crippen molar-refractivity contribution in [2.45, 2.75) is 69.6 Å². The van der Waals surface area contributed by atoms with Crippen molar-refractivity contribution in [2.24, 2.45) is 0 Å². The summed E-state index contributed by atoms with van der Waals surface area (Å²) in [7, 11) is 0. The predicted octanol–water partition coefficient (Wildman–Crippen LogP) is 3.47. The number of aliphatic hydroxyl groups is 1. The van der Waals surface area contributed by atoms with Gasteiger partial charge in [-0.2, -0.15) is 0 Å². The predicted molar refractivity (Wildman–Crippen MR) is 146 cm³/mol. The van der Waals surface area contributed by atoms with E-state index in [-0.39, 0.29) is 17.2 Å². The second-order valence-electron chi connectivity index (χ2n) is 11.5. The van der Waals surface area contributed by atoms with Crippen LogP contribution >= 0.6 is 11.3 Å². The van der Waals surface area contributed by atoms with Gasteiger partial charge in [-0.05, 0) is 66.8 Å². The van der Waals surface area contributed by atoms with Crippen molar-refractivity contribution in [3.05, 3.63) is 51.2 Å². The van der Waals surface area contributed by atoms with E-state index < -0.39 is 6.10 Å². The number of benzene rings is 1. The van der Waals surface area contributed by atoms with Crippen LogP contribution in [0.1, 0.15) is 65.4 Å². The SMILES string of the molecule is CC(=O)N1CCC(Nc2ccc3c(c2)C(=O)N(C[C@H](O)CN2CCc4sccc4C2)CC32CCC2)CC1. The van der Waals surface area contributed by atoms with Gasteiger partial charge >= 0.3 is 0 Å². The average molecular weight is 523 g/mol. The third-order valence-corrected chi connectivity index (χ3v) is 10.0. The lowest BCUT2D eigenvalue weighted by molar-refractivity contribution is -0.129. The van der Waals surface area contributed by atoms with Gasteiger partial charge in [-0.25, -0.2) is 0 Å². The molecule has 1 saturated heterocycles. The summed E-state index contributed by atoms with van der Waals surface area (Å²) in [5.74, 6) is 0.183. The fraction of sp³-hybridized carbons (Fsp3) is 0.586. The first kappa shape index (κ1) is 24.9. The third kappa shape index (κ3) is 4.91. The van der Waals surface area contributed by atoms with E-state index in [0.29, 0.717) is 25.7 Å². The Hall–Kier alpha value is -2.42. The van der Waals surface area contributed by atoms with Crippen molar-refractivity contribution in [3.63, 3.8) is 0 Å². The molecule has 4 heterocycles. The van der Waals surface area contributed by atoms with Crippen molar-refractivity contribution >= 4 is 28.8 Å². The highest BCUT2D eigenvalue weighted by molar-refractivity contribution is 7.10. The van der Waals surface area contributed by atoms with E-state index in [9.17, 15) is 14.7 Å². The van der Waals surface area contributed by atoms with Crippen LogP contribution < -0.4 is 5.32 Å². The summed E-state index contributed by atoms with van der Waals surface area (Å²) in [5, 5.41) is 16.8. The summed E-state index contributed by atoms with van der Waals surface area (Å²) in [4.78, 5) is 33.0. The number of nitrogens with one attached hydrogen (secondary N) is 1. The minimum atomic E-state index is -0.560. The largest absolute Gasteiger partial charge is 0.390 e. The molecule has 1 aromatic carbocycles. The number of nitrogens with zero attached hydrogens (tertiary/aromatic N) is 3. The van der Waals surface area contributed by atoms with E-state index in [1.165, 1.54) is 22.4 Å². The number of amides is 2. The van der Waals surface area contributed by atoms with Gasteiger partial charge in [0.15, 0.2) is 0 Å². The number of carbonyl (C=O) groups excluding carboxylic acids is 2. The van der Waals surface area contributed by atoms with Gasteiger partial charge in [0.05, 0.1) is 6.10 Å². The number of likely N-dealkylation sites (tertiary alicyclic amines) is 1. The number of carbonyl (C=O) groups is 2. The molecule has 2 aromatic rings. The maximum Gasteiger partial charge on any atom is 0.254 e. The quantitative estimate of drug-likeness (QED) is 0.608. The Labute approximate surface area is 223 Å². The van der Waals surface area contributed by atoms with Crippen molar-refractivity contribution < 1.29 is 14.7 Å². The van der Waals surface area contributed by atoms with Crippen molar-refractivity contribution in [1.29, 1.82) is 0 Å². The normalized spacial score (nSPS) is 22.4. The number of fused-ring (bicyclic) bond motifs is 3. The molecule has 2 amide bonds. The number of thiophene rings is 1. The number of hydrogen-bond acceptors (Lipinski definition) is 6. The molecule has 37 heavy (non-hydrogen) atoms. The lowest BCUT2D eigenvalue weighted by Crippen LogP contribution is -2.55. The fourth-order valence-electron chi connectivity index (χ4n) is 6.79. The van der Waals surface area contributed by atoms with Gasteiger partial charge in [0, 0.05) is 80.3 Å². The lowest BCUT2D eigenvalue weighted by Gasteiger charge is -2.50. The van der Waals surface area contributed by atoms with E-state index in [0.717, 1.165) is 69.5 Å². The summed E-state index contributed by atoms with van der Waals surface area (Å²) < 4.78 is 0. The van der Waals surface area contributed by atoms with Gasteiger partial charge in [-0.15, -0.1) is 11.3 Å². The average Bonchev–Trinajstić information content (AvgIpc) is 3.33. The molecule has 0 radical (unpaired) electrons.